The Labute approximate surface area is 199 Å². The highest BCUT2D eigenvalue weighted by molar-refractivity contribution is 5.98. The lowest BCUT2D eigenvalue weighted by atomic mass is 10.0. The van der Waals surface area contributed by atoms with Crippen molar-refractivity contribution in [2.24, 2.45) is 0 Å². The molecule has 2 atom stereocenters. The summed E-state index contributed by atoms with van der Waals surface area (Å²) in [6.07, 6.45) is 2.13. The summed E-state index contributed by atoms with van der Waals surface area (Å²) >= 11 is 0. The number of carbonyl (C=O) groups is 2. The summed E-state index contributed by atoms with van der Waals surface area (Å²) in [5.74, 6) is 0.227. The maximum Gasteiger partial charge on any atom is 0.408 e. The molecule has 8 nitrogen and oxygen atoms in total. The number of alkyl carbamates (subject to hydrolysis) is 1. The Balaban J connectivity index is 1.59. The minimum absolute atomic E-state index is 0.0949. The number of aromatic nitrogens is 1. The molecule has 0 radical (unpaired) electrons. The number of aromatic amines is 1. The first kappa shape index (κ1) is 23.6. The molecule has 3 aromatic rings. The van der Waals surface area contributed by atoms with E-state index in [-0.39, 0.29) is 18.4 Å². The van der Waals surface area contributed by atoms with E-state index in [0.717, 1.165) is 28.5 Å². The standard InChI is InChI=1S/C26H31N3O5/c1-26(2,3)34-25(31)29-21(14-16-15-27-19-10-6-5-8-17(16)19)24(30)28-20-11-7-9-18-22(32-4)12-13-33-23(18)20/h5-11,15,21-22,27H,12-14H2,1-4H3,(H,28,30)(H,29,31)/t21-,22?/m0/s1. The molecule has 1 aliphatic heterocycles. The van der Waals surface area contributed by atoms with Crippen LogP contribution in [-0.4, -0.2) is 42.3 Å². The Bertz CT molecular complexity index is 1180. The highest BCUT2D eigenvalue weighted by atomic mass is 16.6. The zero-order valence-electron chi connectivity index (χ0n) is 19.9. The van der Waals surface area contributed by atoms with Crippen LogP contribution in [0.25, 0.3) is 10.9 Å². The minimum Gasteiger partial charge on any atom is -0.491 e. The Kier molecular flexibility index (Phi) is 6.79. The van der Waals surface area contributed by atoms with Crippen LogP contribution in [-0.2, 0) is 20.7 Å². The summed E-state index contributed by atoms with van der Waals surface area (Å²) in [7, 11) is 1.66. The van der Waals surface area contributed by atoms with Crippen LogP contribution in [0, 0.1) is 0 Å². The molecule has 8 heteroatoms. The molecular formula is C26H31N3O5. The molecule has 2 amide bonds. The van der Waals surface area contributed by atoms with Crippen molar-refractivity contribution in [1.82, 2.24) is 10.3 Å². The number of hydrogen-bond acceptors (Lipinski definition) is 5. The first-order valence-corrected chi connectivity index (χ1v) is 11.4. The van der Waals surface area contributed by atoms with Crippen molar-refractivity contribution < 1.29 is 23.8 Å². The van der Waals surface area contributed by atoms with Gasteiger partial charge in [0.2, 0.25) is 5.91 Å². The van der Waals surface area contributed by atoms with E-state index in [2.05, 4.69) is 15.6 Å². The van der Waals surface area contributed by atoms with Crippen LogP contribution in [0.4, 0.5) is 10.5 Å². The van der Waals surface area contributed by atoms with Crippen molar-refractivity contribution in [3.05, 3.63) is 59.8 Å². The number of methoxy groups -OCH3 is 1. The molecule has 1 aliphatic rings. The summed E-state index contributed by atoms with van der Waals surface area (Å²) < 4.78 is 16.8. The van der Waals surface area contributed by atoms with Gasteiger partial charge in [0.15, 0.2) is 0 Å². The number of carbonyl (C=O) groups excluding carboxylic acids is 2. The molecule has 4 rings (SSSR count). The highest BCUT2D eigenvalue weighted by Crippen LogP contribution is 2.39. The van der Waals surface area contributed by atoms with Crippen LogP contribution in [0.5, 0.6) is 5.75 Å². The summed E-state index contributed by atoms with van der Waals surface area (Å²) in [5, 5.41) is 6.68. The number of amides is 2. The molecule has 2 aromatic carbocycles. The van der Waals surface area contributed by atoms with Crippen molar-refractivity contribution in [3.63, 3.8) is 0 Å². The number of nitrogens with one attached hydrogen (secondary N) is 3. The van der Waals surface area contributed by atoms with Crippen molar-refractivity contribution in [2.75, 3.05) is 19.0 Å². The van der Waals surface area contributed by atoms with Gasteiger partial charge in [0.1, 0.15) is 17.4 Å². The second-order valence-corrected chi connectivity index (χ2v) is 9.34. The van der Waals surface area contributed by atoms with E-state index in [1.807, 2.05) is 42.6 Å². The topological polar surface area (TPSA) is 102 Å². The predicted octanol–water partition coefficient (Wildman–Crippen LogP) is 4.71. The first-order valence-electron chi connectivity index (χ1n) is 11.4. The number of hydrogen-bond donors (Lipinski definition) is 3. The van der Waals surface area contributed by atoms with Gasteiger partial charge in [-0.05, 0) is 38.5 Å². The molecule has 34 heavy (non-hydrogen) atoms. The number of benzene rings is 2. The minimum atomic E-state index is -0.869. The average Bonchev–Trinajstić information content (AvgIpc) is 3.20. The molecule has 0 fully saturated rings. The highest BCUT2D eigenvalue weighted by Gasteiger charge is 2.28. The summed E-state index contributed by atoms with van der Waals surface area (Å²) in [5.41, 5.74) is 2.62. The van der Waals surface area contributed by atoms with Crippen molar-refractivity contribution >= 4 is 28.6 Å². The van der Waals surface area contributed by atoms with Gasteiger partial charge < -0.3 is 29.8 Å². The van der Waals surface area contributed by atoms with E-state index in [0.29, 0.717) is 18.0 Å². The molecule has 1 aromatic heterocycles. The summed E-state index contributed by atoms with van der Waals surface area (Å²) in [6, 6.07) is 12.5. The van der Waals surface area contributed by atoms with Gasteiger partial charge in [-0.3, -0.25) is 4.79 Å². The van der Waals surface area contributed by atoms with E-state index in [1.54, 1.807) is 33.9 Å². The number of anilines is 1. The van der Waals surface area contributed by atoms with Gasteiger partial charge in [-0.2, -0.15) is 0 Å². The van der Waals surface area contributed by atoms with Gasteiger partial charge >= 0.3 is 6.09 Å². The third-order valence-electron chi connectivity index (χ3n) is 5.67. The zero-order chi connectivity index (χ0) is 24.3. The molecule has 0 saturated heterocycles. The third kappa shape index (κ3) is 5.34. The van der Waals surface area contributed by atoms with E-state index in [9.17, 15) is 9.59 Å². The molecule has 0 spiro atoms. The molecule has 0 aliphatic carbocycles. The zero-order valence-corrected chi connectivity index (χ0v) is 19.9. The number of H-pyrrole nitrogens is 1. The molecule has 2 heterocycles. The Hall–Kier alpha value is -3.52. The number of rotatable bonds is 6. The van der Waals surface area contributed by atoms with Crippen molar-refractivity contribution in [3.8, 4) is 5.75 Å². The van der Waals surface area contributed by atoms with Crippen LogP contribution in [0.3, 0.4) is 0 Å². The quantitative estimate of drug-likeness (QED) is 0.489. The number of ether oxygens (including phenoxy) is 3. The monoisotopic (exact) mass is 465 g/mol. The fourth-order valence-corrected chi connectivity index (χ4v) is 4.14. The predicted molar refractivity (Wildman–Crippen MR) is 130 cm³/mol. The normalized spacial score (nSPS) is 16.3. The smallest absolute Gasteiger partial charge is 0.408 e. The van der Waals surface area contributed by atoms with Crippen molar-refractivity contribution in [2.45, 2.75) is 51.4 Å². The molecular weight excluding hydrogens is 434 g/mol. The second kappa shape index (κ2) is 9.77. The van der Waals surface area contributed by atoms with Crippen LogP contribution in [0.2, 0.25) is 0 Å². The van der Waals surface area contributed by atoms with E-state index in [4.69, 9.17) is 14.2 Å². The third-order valence-corrected chi connectivity index (χ3v) is 5.67. The van der Waals surface area contributed by atoms with E-state index in [1.165, 1.54) is 0 Å². The second-order valence-electron chi connectivity index (χ2n) is 9.34. The van der Waals surface area contributed by atoms with Gasteiger partial charge in [-0.25, -0.2) is 4.79 Å². The van der Waals surface area contributed by atoms with Crippen LogP contribution in [0.1, 0.15) is 44.4 Å². The average molecular weight is 466 g/mol. The Morgan fingerprint density at radius 1 is 1.18 bits per heavy atom. The summed E-state index contributed by atoms with van der Waals surface area (Å²) in [6.45, 7) is 5.83. The maximum absolute atomic E-state index is 13.4. The SMILES string of the molecule is COC1CCOc2c(NC(=O)[C@H](Cc3c[nH]c4ccccc34)NC(=O)OC(C)(C)C)cccc21. The maximum atomic E-state index is 13.4. The molecule has 0 saturated carbocycles. The molecule has 1 unspecified atom stereocenters. The number of fused-ring (bicyclic) bond motifs is 2. The summed E-state index contributed by atoms with van der Waals surface area (Å²) in [4.78, 5) is 29.2. The lowest BCUT2D eigenvalue weighted by Crippen LogP contribution is -2.47. The van der Waals surface area contributed by atoms with E-state index < -0.39 is 17.7 Å². The van der Waals surface area contributed by atoms with E-state index >= 15 is 0 Å². The fraction of sp³-hybridized carbons (Fsp3) is 0.385. The molecule has 3 N–H and O–H groups in total. The van der Waals surface area contributed by atoms with Crippen LogP contribution in [0.15, 0.2) is 48.7 Å². The van der Waals surface area contributed by atoms with Gasteiger partial charge in [0, 0.05) is 42.6 Å². The lowest BCUT2D eigenvalue weighted by molar-refractivity contribution is -0.118. The first-order chi connectivity index (χ1) is 16.2. The van der Waals surface area contributed by atoms with Gasteiger partial charge in [0.25, 0.3) is 0 Å². The fourth-order valence-electron chi connectivity index (χ4n) is 4.14. The van der Waals surface area contributed by atoms with Crippen LogP contribution >= 0.6 is 0 Å². The van der Waals surface area contributed by atoms with Gasteiger partial charge in [0.05, 0.1) is 18.4 Å². The Morgan fingerprint density at radius 2 is 1.97 bits per heavy atom. The lowest BCUT2D eigenvalue weighted by Gasteiger charge is -2.27. The van der Waals surface area contributed by atoms with Crippen molar-refractivity contribution in [1.29, 1.82) is 0 Å². The molecule has 180 valence electrons. The largest absolute Gasteiger partial charge is 0.491 e. The van der Waals surface area contributed by atoms with Gasteiger partial charge in [-0.15, -0.1) is 0 Å². The number of para-hydroxylation sites is 2. The molecule has 0 bridgehead atoms. The van der Waals surface area contributed by atoms with Crippen LogP contribution < -0.4 is 15.4 Å². The van der Waals surface area contributed by atoms with Gasteiger partial charge in [-0.1, -0.05) is 30.3 Å². The Morgan fingerprint density at radius 3 is 2.74 bits per heavy atom.